The summed E-state index contributed by atoms with van der Waals surface area (Å²) in [6.07, 6.45) is -2.70. The van der Waals surface area contributed by atoms with Gasteiger partial charge >= 0.3 is 6.18 Å². The van der Waals surface area contributed by atoms with Gasteiger partial charge in [0.25, 0.3) is 0 Å². The van der Waals surface area contributed by atoms with Crippen molar-refractivity contribution in [2.75, 3.05) is 0 Å². The van der Waals surface area contributed by atoms with Gasteiger partial charge in [-0.25, -0.2) is 5.43 Å². The molecule has 0 bridgehead atoms. The predicted molar refractivity (Wildman–Crippen MR) is 69.6 cm³/mol. The maximum atomic E-state index is 12.5. The number of nitrogens with one attached hydrogen (secondary N) is 1. The number of alkyl halides is 3. The fraction of sp³-hybridized carbons (Fsp3) is 0.214. The number of hydrazine groups is 1. The van der Waals surface area contributed by atoms with Gasteiger partial charge in [-0.15, -0.1) is 0 Å². The van der Waals surface area contributed by atoms with E-state index in [2.05, 4.69) is 10.4 Å². The van der Waals surface area contributed by atoms with Crippen LogP contribution in [-0.2, 0) is 6.18 Å². The minimum Gasteiger partial charge on any atom is -0.271 e. The zero-order valence-electron chi connectivity index (χ0n) is 10.8. The number of halogens is 3. The van der Waals surface area contributed by atoms with Crippen LogP contribution in [0.4, 0.5) is 13.2 Å². The predicted octanol–water partition coefficient (Wildman–Crippen LogP) is 2.96. The van der Waals surface area contributed by atoms with Crippen LogP contribution in [0.3, 0.4) is 0 Å². The van der Waals surface area contributed by atoms with Gasteiger partial charge in [-0.3, -0.25) is 10.8 Å². The minimum absolute atomic E-state index is 0.376. The average molecular weight is 281 g/mol. The Morgan fingerprint density at radius 3 is 2.25 bits per heavy atom. The first kappa shape index (κ1) is 14.5. The van der Waals surface area contributed by atoms with Crippen LogP contribution in [0.5, 0.6) is 0 Å². The summed E-state index contributed by atoms with van der Waals surface area (Å²) < 4.78 is 37.6. The Morgan fingerprint density at radius 2 is 1.75 bits per heavy atom. The molecule has 0 aliphatic rings. The SMILES string of the molecule is Cc1cc(C(NN)c2ccc(C(F)(F)F)cc2)ccn1. The van der Waals surface area contributed by atoms with Crippen molar-refractivity contribution in [3.8, 4) is 0 Å². The number of nitrogens with two attached hydrogens (primary N) is 1. The third kappa shape index (κ3) is 3.15. The summed E-state index contributed by atoms with van der Waals surface area (Å²) in [7, 11) is 0. The average Bonchev–Trinajstić information content (AvgIpc) is 2.39. The van der Waals surface area contributed by atoms with Crippen molar-refractivity contribution >= 4 is 0 Å². The quantitative estimate of drug-likeness (QED) is 0.671. The normalized spacial score (nSPS) is 13.2. The second-order valence-corrected chi connectivity index (χ2v) is 4.45. The highest BCUT2D eigenvalue weighted by Crippen LogP contribution is 2.30. The molecule has 6 heteroatoms. The van der Waals surface area contributed by atoms with Crippen molar-refractivity contribution in [1.82, 2.24) is 10.4 Å². The lowest BCUT2D eigenvalue weighted by molar-refractivity contribution is -0.137. The standard InChI is InChI=1S/C14H14F3N3/c1-9-8-11(6-7-19-9)13(20-18)10-2-4-12(5-3-10)14(15,16)17/h2-8,13,20H,18H2,1H3. The van der Waals surface area contributed by atoms with E-state index in [0.29, 0.717) is 5.56 Å². The van der Waals surface area contributed by atoms with Gasteiger partial charge in [0.05, 0.1) is 11.6 Å². The third-order valence-corrected chi connectivity index (χ3v) is 2.99. The summed E-state index contributed by atoms with van der Waals surface area (Å²) in [5.74, 6) is 5.52. The lowest BCUT2D eigenvalue weighted by Crippen LogP contribution is -2.29. The van der Waals surface area contributed by atoms with Gasteiger partial charge in [0.2, 0.25) is 0 Å². The van der Waals surface area contributed by atoms with E-state index in [0.717, 1.165) is 23.4 Å². The molecule has 0 amide bonds. The summed E-state index contributed by atoms with van der Waals surface area (Å²) in [6, 6.07) is 8.17. The monoisotopic (exact) mass is 281 g/mol. The molecule has 2 rings (SSSR count). The fourth-order valence-electron chi connectivity index (χ4n) is 2.00. The smallest absolute Gasteiger partial charge is 0.271 e. The van der Waals surface area contributed by atoms with E-state index >= 15 is 0 Å². The summed E-state index contributed by atoms with van der Waals surface area (Å²) in [5, 5.41) is 0. The van der Waals surface area contributed by atoms with Crippen LogP contribution in [0.2, 0.25) is 0 Å². The number of nitrogens with zero attached hydrogens (tertiary/aromatic N) is 1. The molecule has 1 unspecified atom stereocenters. The largest absolute Gasteiger partial charge is 0.416 e. The van der Waals surface area contributed by atoms with Crippen molar-refractivity contribution in [2.45, 2.75) is 19.1 Å². The second kappa shape index (κ2) is 5.60. The van der Waals surface area contributed by atoms with E-state index in [1.807, 2.05) is 13.0 Å². The molecule has 0 saturated carbocycles. The van der Waals surface area contributed by atoms with Crippen LogP contribution >= 0.6 is 0 Å². The molecule has 3 nitrogen and oxygen atoms in total. The Bertz CT molecular complexity index is 579. The highest BCUT2D eigenvalue weighted by Gasteiger charge is 2.30. The number of hydrogen-bond acceptors (Lipinski definition) is 3. The molecule has 2 aromatic rings. The number of pyridine rings is 1. The molecule has 1 atom stereocenters. The lowest BCUT2D eigenvalue weighted by Gasteiger charge is -2.18. The zero-order valence-corrected chi connectivity index (χ0v) is 10.8. The molecule has 0 saturated heterocycles. The molecular weight excluding hydrogens is 267 g/mol. The van der Waals surface area contributed by atoms with Crippen LogP contribution in [0.25, 0.3) is 0 Å². The molecule has 0 radical (unpaired) electrons. The maximum Gasteiger partial charge on any atom is 0.416 e. The number of benzene rings is 1. The summed E-state index contributed by atoms with van der Waals surface area (Å²) in [4.78, 5) is 4.08. The van der Waals surface area contributed by atoms with Crippen LogP contribution in [-0.4, -0.2) is 4.98 Å². The van der Waals surface area contributed by atoms with Crippen LogP contribution < -0.4 is 11.3 Å². The molecule has 106 valence electrons. The van der Waals surface area contributed by atoms with Crippen molar-refractivity contribution in [2.24, 2.45) is 5.84 Å². The van der Waals surface area contributed by atoms with E-state index in [4.69, 9.17) is 5.84 Å². The number of hydrogen-bond donors (Lipinski definition) is 2. The molecule has 0 fully saturated rings. The molecule has 20 heavy (non-hydrogen) atoms. The Balaban J connectivity index is 2.33. The minimum atomic E-state index is -4.34. The zero-order chi connectivity index (χ0) is 14.8. The Labute approximate surface area is 114 Å². The third-order valence-electron chi connectivity index (χ3n) is 2.99. The van der Waals surface area contributed by atoms with Gasteiger partial charge in [0.15, 0.2) is 0 Å². The van der Waals surface area contributed by atoms with Crippen LogP contribution in [0.15, 0.2) is 42.6 Å². The summed E-state index contributed by atoms with van der Waals surface area (Å²) >= 11 is 0. The highest BCUT2D eigenvalue weighted by atomic mass is 19.4. The topological polar surface area (TPSA) is 50.9 Å². The molecule has 1 aromatic carbocycles. The van der Waals surface area contributed by atoms with Crippen molar-refractivity contribution in [1.29, 1.82) is 0 Å². The first-order chi connectivity index (χ1) is 9.41. The van der Waals surface area contributed by atoms with Crippen LogP contribution in [0, 0.1) is 6.92 Å². The van der Waals surface area contributed by atoms with E-state index in [-0.39, 0.29) is 6.04 Å². The number of aryl methyl sites for hydroxylation is 1. The second-order valence-electron chi connectivity index (χ2n) is 4.45. The molecular formula is C14H14F3N3. The lowest BCUT2D eigenvalue weighted by atomic mass is 9.98. The summed E-state index contributed by atoms with van der Waals surface area (Å²) in [5.41, 5.74) is 4.25. The number of rotatable bonds is 3. The first-order valence-electron chi connectivity index (χ1n) is 5.97. The van der Waals surface area contributed by atoms with Gasteiger partial charge in [-0.2, -0.15) is 13.2 Å². The Morgan fingerprint density at radius 1 is 1.10 bits per heavy atom. The maximum absolute atomic E-state index is 12.5. The van der Waals surface area contributed by atoms with Crippen molar-refractivity contribution in [3.63, 3.8) is 0 Å². The van der Waals surface area contributed by atoms with Gasteiger partial charge in [0.1, 0.15) is 0 Å². The first-order valence-corrected chi connectivity index (χ1v) is 5.97. The van der Waals surface area contributed by atoms with Gasteiger partial charge < -0.3 is 0 Å². The van der Waals surface area contributed by atoms with E-state index in [1.54, 1.807) is 12.3 Å². The van der Waals surface area contributed by atoms with Gasteiger partial charge in [0, 0.05) is 11.9 Å². The fourth-order valence-corrected chi connectivity index (χ4v) is 2.00. The molecule has 3 N–H and O–H groups in total. The summed E-state index contributed by atoms with van der Waals surface area (Å²) in [6.45, 7) is 1.84. The van der Waals surface area contributed by atoms with Gasteiger partial charge in [-0.1, -0.05) is 12.1 Å². The van der Waals surface area contributed by atoms with E-state index < -0.39 is 11.7 Å². The molecule has 1 aromatic heterocycles. The molecule has 1 heterocycles. The molecule has 0 aliphatic heterocycles. The number of aromatic nitrogens is 1. The molecule has 0 spiro atoms. The van der Waals surface area contributed by atoms with Crippen molar-refractivity contribution in [3.05, 3.63) is 65.0 Å². The Kier molecular flexibility index (Phi) is 4.06. The highest BCUT2D eigenvalue weighted by molar-refractivity contribution is 5.34. The Hall–Kier alpha value is -1.92. The molecule has 0 aliphatic carbocycles. The van der Waals surface area contributed by atoms with E-state index in [9.17, 15) is 13.2 Å². The van der Waals surface area contributed by atoms with Crippen LogP contribution in [0.1, 0.15) is 28.4 Å². The van der Waals surface area contributed by atoms with Gasteiger partial charge in [-0.05, 0) is 42.3 Å². The van der Waals surface area contributed by atoms with E-state index in [1.165, 1.54) is 12.1 Å². The van der Waals surface area contributed by atoms with Crippen molar-refractivity contribution < 1.29 is 13.2 Å².